The van der Waals surface area contributed by atoms with E-state index in [0.29, 0.717) is 67.8 Å². The first-order chi connectivity index (χ1) is 22.3. The number of nitrogens with zero attached hydrogens (tertiary/aromatic N) is 4. The number of hydrogen-bond acceptors (Lipinski definition) is 7. The number of ether oxygens (including phenoxy) is 4. The molecule has 2 heterocycles. The molecule has 1 saturated heterocycles. The van der Waals surface area contributed by atoms with E-state index in [1.165, 1.54) is 0 Å². The minimum absolute atomic E-state index is 0.0870. The lowest BCUT2D eigenvalue weighted by Gasteiger charge is -2.26. The fraction of sp³-hybridized carbons (Fsp3) is 0.306. The van der Waals surface area contributed by atoms with Crippen LogP contribution in [0.25, 0.3) is 17.3 Å². The SMILES string of the molecule is COc1cc(C=C(C(=O)N(C)C)c2ccc(Oc3c(CCC(=O)N4CCOCC4)c(C)nn3-c3ccccc3)cc2)cc(OC)c1. The first kappa shape index (κ1) is 32.3. The van der Waals surface area contributed by atoms with Crippen molar-refractivity contribution in [3.05, 3.63) is 95.2 Å². The summed E-state index contributed by atoms with van der Waals surface area (Å²) < 4.78 is 24.5. The molecule has 1 aliphatic rings. The third-order valence-corrected chi connectivity index (χ3v) is 7.79. The van der Waals surface area contributed by atoms with Crippen molar-refractivity contribution < 1.29 is 28.5 Å². The van der Waals surface area contributed by atoms with E-state index in [9.17, 15) is 9.59 Å². The van der Waals surface area contributed by atoms with Gasteiger partial charge >= 0.3 is 0 Å². The minimum Gasteiger partial charge on any atom is -0.497 e. The highest BCUT2D eigenvalue weighted by molar-refractivity contribution is 6.24. The number of aryl methyl sites for hydroxylation is 1. The second-order valence-corrected chi connectivity index (χ2v) is 11.1. The monoisotopic (exact) mass is 624 g/mol. The van der Waals surface area contributed by atoms with Crippen molar-refractivity contribution in [3.63, 3.8) is 0 Å². The van der Waals surface area contributed by atoms with Crippen LogP contribution in [0.4, 0.5) is 0 Å². The van der Waals surface area contributed by atoms with Gasteiger partial charge in [0.15, 0.2) is 0 Å². The molecule has 0 bridgehead atoms. The maximum Gasteiger partial charge on any atom is 0.253 e. The molecule has 5 rings (SSSR count). The third-order valence-electron chi connectivity index (χ3n) is 7.79. The highest BCUT2D eigenvalue weighted by atomic mass is 16.5. The summed E-state index contributed by atoms with van der Waals surface area (Å²) in [7, 11) is 6.62. The predicted octanol–water partition coefficient (Wildman–Crippen LogP) is 5.41. The number of carbonyl (C=O) groups excluding carboxylic acids is 2. The molecule has 1 aliphatic heterocycles. The van der Waals surface area contributed by atoms with Gasteiger partial charge in [0, 0.05) is 50.8 Å². The molecule has 0 aliphatic carbocycles. The van der Waals surface area contributed by atoms with Gasteiger partial charge in [-0.25, -0.2) is 4.68 Å². The van der Waals surface area contributed by atoms with Crippen molar-refractivity contribution in [2.24, 2.45) is 0 Å². The summed E-state index contributed by atoms with van der Waals surface area (Å²) in [5.41, 5.74) is 4.49. The van der Waals surface area contributed by atoms with Crippen molar-refractivity contribution in [1.82, 2.24) is 19.6 Å². The number of carbonyl (C=O) groups is 2. The van der Waals surface area contributed by atoms with E-state index in [2.05, 4.69) is 0 Å². The molecule has 0 unspecified atom stereocenters. The van der Waals surface area contributed by atoms with E-state index in [1.54, 1.807) is 44.0 Å². The Morgan fingerprint density at radius 3 is 2.17 bits per heavy atom. The van der Waals surface area contributed by atoms with Gasteiger partial charge in [-0.05, 0) is 66.9 Å². The van der Waals surface area contributed by atoms with Crippen molar-refractivity contribution >= 4 is 23.5 Å². The number of hydrogen-bond donors (Lipinski definition) is 0. The van der Waals surface area contributed by atoms with Crippen LogP contribution in [0.1, 0.15) is 28.8 Å². The molecular weight excluding hydrogens is 584 g/mol. The Kier molecular flexibility index (Phi) is 10.4. The molecular formula is C36H40N4O6. The highest BCUT2D eigenvalue weighted by Gasteiger charge is 2.23. The summed E-state index contributed by atoms with van der Waals surface area (Å²) in [6.45, 7) is 4.27. The average molecular weight is 625 g/mol. The molecule has 0 radical (unpaired) electrons. The summed E-state index contributed by atoms with van der Waals surface area (Å²) in [6.07, 6.45) is 2.64. The van der Waals surface area contributed by atoms with Gasteiger partial charge in [0.05, 0.1) is 38.8 Å². The van der Waals surface area contributed by atoms with Gasteiger partial charge in [0.2, 0.25) is 11.8 Å². The van der Waals surface area contributed by atoms with E-state index in [-0.39, 0.29) is 11.8 Å². The van der Waals surface area contributed by atoms with E-state index >= 15 is 0 Å². The second kappa shape index (κ2) is 14.8. The Labute approximate surface area is 269 Å². The van der Waals surface area contributed by atoms with Crippen molar-refractivity contribution in [3.8, 4) is 28.8 Å². The molecule has 10 nitrogen and oxygen atoms in total. The third kappa shape index (κ3) is 7.58. The topological polar surface area (TPSA) is 95.4 Å². The number of rotatable bonds is 11. The van der Waals surface area contributed by atoms with Gasteiger partial charge in [-0.15, -0.1) is 0 Å². The molecule has 46 heavy (non-hydrogen) atoms. The second-order valence-electron chi connectivity index (χ2n) is 11.1. The molecule has 2 amide bonds. The first-order valence-electron chi connectivity index (χ1n) is 15.2. The van der Waals surface area contributed by atoms with Crippen LogP contribution in [0.5, 0.6) is 23.1 Å². The van der Waals surface area contributed by atoms with Crippen LogP contribution in [0, 0.1) is 6.92 Å². The number of amides is 2. The fourth-order valence-corrected chi connectivity index (χ4v) is 5.28. The molecule has 0 saturated carbocycles. The van der Waals surface area contributed by atoms with Crippen molar-refractivity contribution in [2.45, 2.75) is 19.8 Å². The van der Waals surface area contributed by atoms with E-state index in [0.717, 1.165) is 28.1 Å². The van der Waals surface area contributed by atoms with Crippen LogP contribution in [0.2, 0.25) is 0 Å². The first-order valence-corrected chi connectivity index (χ1v) is 15.2. The lowest BCUT2D eigenvalue weighted by atomic mass is 10.0. The number of morpholine rings is 1. The summed E-state index contributed by atoms with van der Waals surface area (Å²) in [5.74, 6) is 2.30. The summed E-state index contributed by atoms with van der Waals surface area (Å²) in [4.78, 5) is 29.7. The lowest BCUT2D eigenvalue weighted by molar-refractivity contribution is -0.135. The lowest BCUT2D eigenvalue weighted by Crippen LogP contribution is -2.40. The quantitative estimate of drug-likeness (QED) is 0.163. The predicted molar refractivity (Wildman–Crippen MR) is 177 cm³/mol. The van der Waals surface area contributed by atoms with E-state index in [4.69, 9.17) is 24.0 Å². The van der Waals surface area contributed by atoms with Gasteiger partial charge in [-0.2, -0.15) is 5.10 Å². The summed E-state index contributed by atoms with van der Waals surface area (Å²) in [6, 6.07) is 22.6. The zero-order valence-electron chi connectivity index (χ0n) is 27.0. The standard InChI is InChI=1S/C36H40N4O6/c1-25-32(15-16-34(41)39-17-19-45-20-18-39)36(40(37-25)28-9-7-6-8-10-28)46-29-13-11-27(12-14-29)33(35(42)38(2)3)23-26-21-30(43-4)24-31(22-26)44-5/h6-14,21-24H,15-20H2,1-5H3. The van der Waals surface area contributed by atoms with Crippen molar-refractivity contribution in [2.75, 3.05) is 54.6 Å². The number of para-hydroxylation sites is 1. The molecule has 240 valence electrons. The molecule has 1 fully saturated rings. The summed E-state index contributed by atoms with van der Waals surface area (Å²) in [5, 5.41) is 4.80. The normalized spacial score (nSPS) is 13.3. The minimum atomic E-state index is -0.152. The van der Waals surface area contributed by atoms with Gasteiger partial charge in [0.25, 0.3) is 5.91 Å². The fourth-order valence-electron chi connectivity index (χ4n) is 5.28. The Morgan fingerprint density at radius 2 is 1.57 bits per heavy atom. The van der Waals surface area contributed by atoms with Gasteiger partial charge in [-0.1, -0.05) is 30.3 Å². The Balaban J connectivity index is 1.46. The van der Waals surface area contributed by atoms with Gasteiger partial charge in [0.1, 0.15) is 17.2 Å². The molecule has 3 aromatic carbocycles. The molecule has 1 aromatic heterocycles. The summed E-state index contributed by atoms with van der Waals surface area (Å²) >= 11 is 0. The average Bonchev–Trinajstić information content (AvgIpc) is 3.40. The van der Waals surface area contributed by atoms with Crippen molar-refractivity contribution in [1.29, 1.82) is 0 Å². The Hall–Kier alpha value is -5.09. The van der Waals surface area contributed by atoms with Crippen LogP contribution in [-0.4, -0.2) is 86.0 Å². The van der Waals surface area contributed by atoms with Gasteiger partial charge < -0.3 is 28.7 Å². The number of aromatic nitrogens is 2. The van der Waals surface area contributed by atoms with Crippen LogP contribution in [0.3, 0.4) is 0 Å². The largest absolute Gasteiger partial charge is 0.497 e. The van der Waals surface area contributed by atoms with Gasteiger partial charge in [-0.3, -0.25) is 9.59 Å². The Bertz CT molecular complexity index is 1670. The van der Waals surface area contributed by atoms with Crippen LogP contribution in [0.15, 0.2) is 72.8 Å². The Morgan fingerprint density at radius 1 is 0.913 bits per heavy atom. The van der Waals surface area contributed by atoms with E-state index < -0.39 is 0 Å². The zero-order chi connectivity index (χ0) is 32.6. The molecule has 4 aromatic rings. The molecule has 10 heteroatoms. The molecule has 0 spiro atoms. The number of methoxy groups -OCH3 is 2. The van der Waals surface area contributed by atoms with E-state index in [1.807, 2.05) is 84.6 Å². The smallest absolute Gasteiger partial charge is 0.253 e. The maximum absolute atomic E-state index is 13.3. The van der Waals surface area contributed by atoms with Crippen LogP contribution >= 0.6 is 0 Å². The van der Waals surface area contributed by atoms with Crippen LogP contribution < -0.4 is 14.2 Å². The zero-order valence-corrected chi connectivity index (χ0v) is 27.0. The molecule has 0 atom stereocenters. The maximum atomic E-state index is 13.3. The number of likely N-dealkylation sites (N-methyl/N-ethyl adjacent to an activating group) is 1. The highest BCUT2D eigenvalue weighted by Crippen LogP contribution is 2.33. The molecule has 0 N–H and O–H groups in total. The number of benzene rings is 3. The van der Waals surface area contributed by atoms with Crippen LogP contribution in [-0.2, 0) is 20.7 Å².